The number of carbonyl (C=O) groups excluding carboxylic acids is 2. The van der Waals surface area contributed by atoms with Crippen molar-refractivity contribution >= 4 is 23.4 Å². The minimum absolute atomic E-state index is 0.225. The number of hydrogen-bond acceptors (Lipinski definition) is 4. The first-order chi connectivity index (χ1) is 12.8. The molecule has 1 amide bonds. The van der Waals surface area contributed by atoms with E-state index in [1.54, 1.807) is 24.3 Å². The van der Waals surface area contributed by atoms with Crippen LogP contribution in [0.15, 0.2) is 54.1 Å². The molecule has 0 aliphatic carbocycles. The topological polar surface area (TPSA) is 94.9 Å². The highest BCUT2D eigenvalue weighted by Crippen LogP contribution is 2.39. The highest BCUT2D eigenvalue weighted by Gasteiger charge is 2.46. The lowest BCUT2D eigenvalue weighted by Gasteiger charge is -2.23. The van der Waals surface area contributed by atoms with Crippen LogP contribution in [0.2, 0.25) is 0 Å². The van der Waals surface area contributed by atoms with Gasteiger partial charge in [0.25, 0.3) is 11.7 Å². The molecular weight excluding hydrogens is 353 g/mol. The molecule has 2 aromatic rings. The molecule has 0 unspecified atom stereocenters. The van der Waals surface area contributed by atoms with E-state index in [9.17, 15) is 23.9 Å². The highest BCUT2D eigenvalue weighted by molar-refractivity contribution is 6.46. The number of aliphatic hydroxyl groups is 1. The van der Waals surface area contributed by atoms with Crippen LogP contribution in [0.25, 0.3) is 5.76 Å². The normalized spacial score (nSPS) is 18.7. The molecule has 2 aromatic carbocycles. The van der Waals surface area contributed by atoms with Gasteiger partial charge < -0.3 is 15.1 Å². The minimum Gasteiger partial charge on any atom is -0.507 e. The fourth-order valence-corrected chi connectivity index (χ4v) is 3.05. The number of carbonyl (C=O) groups is 3. The van der Waals surface area contributed by atoms with E-state index in [1.165, 1.54) is 12.1 Å². The number of carboxylic acid groups (broad SMARTS) is 1. The summed E-state index contributed by atoms with van der Waals surface area (Å²) >= 11 is 0. The summed E-state index contributed by atoms with van der Waals surface area (Å²) in [5.74, 6) is -4.24. The lowest BCUT2D eigenvalue weighted by molar-refractivity contribution is -0.146. The lowest BCUT2D eigenvalue weighted by Crippen LogP contribution is -2.34. The number of nitrogens with zero attached hydrogens (tertiary/aromatic N) is 1. The summed E-state index contributed by atoms with van der Waals surface area (Å²) < 4.78 is 13.3. The predicted octanol–water partition coefficient (Wildman–Crippen LogP) is 2.64. The number of aryl methyl sites for hydroxylation is 1. The molecule has 3 rings (SSSR count). The van der Waals surface area contributed by atoms with Crippen LogP contribution in [-0.4, -0.2) is 39.3 Å². The zero-order valence-corrected chi connectivity index (χ0v) is 14.3. The van der Waals surface area contributed by atoms with E-state index in [0.29, 0.717) is 11.1 Å². The van der Waals surface area contributed by atoms with Crippen LogP contribution in [0.1, 0.15) is 22.7 Å². The zero-order chi connectivity index (χ0) is 19.7. The molecule has 1 saturated heterocycles. The highest BCUT2D eigenvalue weighted by atomic mass is 19.1. The van der Waals surface area contributed by atoms with E-state index in [2.05, 4.69) is 0 Å². The van der Waals surface area contributed by atoms with Crippen LogP contribution in [0.5, 0.6) is 0 Å². The summed E-state index contributed by atoms with van der Waals surface area (Å²) in [6.07, 6.45) is 0. The smallest absolute Gasteiger partial charge is 0.323 e. The Kier molecular flexibility index (Phi) is 4.77. The van der Waals surface area contributed by atoms with E-state index < -0.39 is 41.8 Å². The van der Waals surface area contributed by atoms with Crippen LogP contribution in [0, 0.1) is 12.7 Å². The molecule has 27 heavy (non-hydrogen) atoms. The average Bonchev–Trinajstić information content (AvgIpc) is 2.87. The summed E-state index contributed by atoms with van der Waals surface area (Å²) in [5.41, 5.74) is 1.36. The van der Waals surface area contributed by atoms with E-state index in [1.807, 2.05) is 6.92 Å². The number of aliphatic hydroxyl groups excluding tert-OH is 1. The van der Waals surface area contributed by atoms with Gasteiger partial charge in [-0.05, 0) is 24.6 Å². The van der Waals surface area contributed by atoms with Gasteiger partial charge in [0, 0.05) is 5.56 Å². The quantitative estimate of drug-likeness (QED) is 0.491. The third-order valence-electron chi connectivity index (χ3n) is 4.36. The second kappa shape index (κ2) is 7.03. The van der Waals surface area contributed by atoms with E-state index in [4.69, 9.17) is 5.11 Å². The Balaban J connectivity index is 2.19. The van der Waals surface area contributed by atoms with Crippen LogP contribution >= 0.6 is 0 Å². The number of ketones is 1. The van der Waals surface area contributed by atoms with Crippen molar-refractivity contribution in [2.24, 2.45) is 0 Å². The largest absolute Gasteiger partial charge is 0.507 e. The van der Waals surface area contributed by atoms with Gasteiger partial charge in [-0.25, -0.2) is 4.39 Å². The molecule has 1 aliphatic rings. The van der Waals surface area contributed by atoms with Gasteiger partial charge in [0.05, 0.1) is 11.6 Å². The van der Waals surface area contributed by atoms with Crippen molar-refractivity contribution in [2.45, 2.75) is 13.0 Å². The fourth-order valence-electron chi connectivity index (χ4n) is 3.05. The molecule has 1 aliphatic heterocycles. The maximum atomic E-state index is 13.3. The number of hydrogen-bond donors (Lipinski definition) is 2. The Morgan fingerprint density at radius 1 is 1.04 bits per heavy atom. The maximum Gasteiger partial charge on any atom is 0.323 e. The number of likely N-dealkylation sites (tertiary alicyclic amines) is 1. The first kappa shape index (κ1) is 18.3. The van der Waals surface area contributed by atoms with Gasteiger partial charge >= 0.3 is 5.97 Å². The van der Waals surface area contributed by atoms with Crippen LogP contribution < -0.4 is 0 Å². The molecule has 6 nitrogen and oxygen atoms in total. The van der Waals surface area contributed by atoms with Crippen molar-refractivity contribution < 1.29 is 29.0 Å². The predicted molar refractivity (Wildman–Crippen MR) is 94.2 cm³/mol. The first-order valence-electron chi connectivity index (χ1n) is 8.12. The molecule has 138 valence electrons. The Labute approximate surface area is 154 Å². The lowest BCUT2D eigenvalue weighted by atomic mass is 9.95. The van der Waals surface area contributed by atoms with Crippen molar-refractivity contribution in [3.05, 3.63) is 76.6 Å². The Bertz CT molecular complexity index is 947. The van der Waals surface area contributed by atoms with Gasteiger partial charge in [0.2, 0.25) is 0 Å². The summed E-state index contributed by atoms with van der Waals surface area (Å²) in [5, 5.41) is 19.8. The van der Waals surface area contributed by atoms with Gasteiger partial charge in [-0.3, -0.25) is 14.4 Å². The molecule has 0 saturated carbocycles. The number of rotatable bonds is 4. The number of benzene rings is 2. The first-order valence-corrected chi connectivity index (χ1v) is 8.12. The number of halogens is 1. The van der Waals surface area contributed by atoms with E-state index in [0.717, 1.165) is 22.6 Å². The third-order valence-corrected chi connectivity index (χ3v) is 4.36. The zero-order valence-electron chi connectivity index (χ0n) is 14.3. The molecular formula is C20H16FNO5. The van der Waals surface area contributed by atoms with E-state index in [-0.39, 0.29) is 5.57 Å². The van der Waals surface area contributed by atoms with Crippen molar-refractivity contribution in [2.75, 3.05) is 6.54 Å². The van der Waals surface area contributed by atoms with Crippen LogP contribution in [0.3, 0.4) is 0 Å². The molecule has 2 N–H and O–H groups in total. The number of Topliss-reactive ketones (excluding diaryl/α,β-unsaturated/α-hetero) is 1. The third kappa shape index (κ3) is 3.44. The second-order valence-corrected chi connectivity index (χ2v) is 6.24. The van der Waals surface area contributed by atoms with Gasteiger partial charge in [-0.2, -0.15) is 0 Å². The molecule has 1 heterocycles. The van der Waals surface area contributed by atoms with Gasteiger partial charge in [0.15, 0.2) is 0 Å². The SMILES string of the molecule is Cc1ccc(C(O)=C2C(=O)C(=O)N(CC(=O)O)[C@@H]2c2ccc(F)cc2)cc1. The second-order valence-electron chi connectivity index (χ2n) is 6.24. The molecule has 0 spiro atoms. The molecule has 0 bridgehead atoms. The monoisotopic (exact) mass is 369 g/mol. The van der Waals surface area contributed by atoms with Gasteiger partial charge in [-0.15, -0.1) is 0 Å². The van der Waals surface area contributed by atoms with Crippen molar-refractivity contribution in [3.8, 4) is 0 Å². The summed E-state index contributed by atoms with van der Waals surface area (Å²) in [6.45, 7) is 1.13. The molecule has 1 atom stereocenters. The summed E-state index contributed by atoms with van der Waals surface area (Å²) in [7, 11) is 0. The molecule has 0 radical (unpaired) electrons. The number of carboxylic acids is 1. The molecule has 7 heteroatoms. The van der Waals surface area contributed by atoms with Crippen molar-refractivity contribution in [3.63, 3.8) is 0 Å². The van der Waals surface area contributed by atoms with Gasteiger partial charge in [-0.1, -0.05) is 42.0 Å². The fraction of sp³-hybridized carbons (Fsp3) is 0.150. The Morgan fingerprint density at radius 2 is 1.63 bits per heavy atom. The average molecular weight is 369 g/mol. The van der Waals surface area contributed by atoms with Gasteiger partial charge in [0.1, 0.15) is 18.1 Å². The molecule has 0 aromatic heterocycles. The number of amides is 1. The summed E-state index contributed by atoms with van der Waals surface area (Å²) in [4.78, 5) is 37.0. The van der Waals surface area contributed by atoms with E-state index >= 15 is 0 Å². The Morgan fingerprint density at radius 3 is 2.19 bits per heavy atom. The molecule has 1 fully saturated rings. The maximum absolute atomic E-state index is 13.3. The standard InChI is InChI=1S/C20H16FNO5/c1-11-2-4-13(5-3-11)18(25)16-17(12-6-8-14(21)9-7-12)22(10-15(23)24)20(27)19(16)26/h2-9,17,25H,10H2,1H3,(H,23,24)/t17-/m1/s1. The summed E-state index contributed by atoms with van der Waals surface area (Å²) in [6, 6.07) is 10.5. The van der Waals surface area contributed by atoms with Crippen molar-refractivity contribution in [1.29, 1.82) is 0 Å². The Hall–Kier alpha value is -3.48. The van der Waals surface area contributed by atoms with Crippen LogP contribution in [0.4, 0.5) is 4.39 Å². The van der Waals surface area contributed by atoms with Crippen LogP contribution in [-0.2, 0) is 14.4 Å². The minimum atomic E-state index is -1.31. The van der Waals surface area contributed by atoms with Crippen molar-refractivity contribution in [1.82, 2.24) is 4.90 Å². The number of aliphatic carboxylic acids is 1.